The van der Waals surface area contributed by atoms with E-state index in [0.29, 0.717) is 35.2 Å². The van der Waals surface area contributed by atoms with Crippen molar-refractivity contribution in [3.8, 4) is 11.5 Å². The molecule has 0 atom stereocenters. The highest BCUT2D eigenvalue weighted by molar-refractivity contribution is 6.09. The van der Waals surface area contributed by atoms with Gasteiger partial charge in [0.1, 0.15) is 11.5 Å². The predicted molar refractivity (Wildman–Crippen MR) is 218 cm³/mol. The lowest BCUT2D eigenvalue weighted by Gasteiger charge is -2.26. The number of phenols is 2. The molecule has 0 bridgehead atoms. The van der Waals surface area contributed by atoms with Gasteiger partial charge in [-0.25, -0.2) is 0 Å². The van der Waals surface area contributed by atoms with Crippen LogP contribution in [0.3, 0.4) is 0 Å². The van der Waals surface area contributed by atoms with Crippen LogP contribution in [0.15, 0.2) is 24.3 Å². The van der Waals surface area contributed by atoms with Crippen molar-refractivity contribution in [2.75, 3.05) is 0 Å². The Hall–Kier alpha value is -2.29. The van der Waals surface area contributed by atoms with E-state index >= 15 is 4.79 Å². The Balaban J connectivity index is 1.44. The lowest BCUT2D eigenvalue weighted by atomic mass is 9.79. The Morgan fingerprint density at radius 3 is 0.692 bits per heavy atom. The molecule has 2 N–H and O–H groups in total. The summed E-state index contributed by atoms with van der Waals surface area (Å²) < 4.78 is 0. The van der Waals surface area contributed by atoms with Gasteiger partial charge in [0.2, 0.25) is 0 Å². The molecule has 2 aromatic carbocycles. The third-order valence-electron chi connectivity index (χ3n) is 14.0. The molecule has 4 fully saturated rings. The first-order chi connectivity index (χ1) is 25.6. The summed E-state index contributed by atoms with van der Waals surface area (Å²) in [4.78, 5) is 15.2. The smallest absolute Gasteiger partial charge is 0.193 e. The number of hydrogen-bond acceptors (Lipinski definition) is 3. The number of carbonyl (C=O) groups excluding carboxylic acids is 1. The van der Waals surface area contributed by atoms with Gasteiger partial charge in [0.15, 0.2) is 5.78 Å². The van der Waals surface area contributed by atoms with Crippen LogP contribution in [0.4, 0.5) is 0 Å². The highest BCUT2D eigenvalue weighted by Gasteiger charge is 2.29. The Morgan fingerprint density at radius 2 is 0.500 bits per heavy atom. The number of hydrogen-bond donors (Lipinski definition) is 2. The lowest BCUT2D eigenvalue weighted by molar-refractivity contribution is 0.103. The average Bonchev–Trinajstić information content (AvgIpc) is 3.53. The number of ketones is 1. The summed E-state index contributed by atoms with van der Waals surface area (Å²) in [6.45, 7) is 0. The maximum atomic E-state index is 15.2. The first-order valence-corrected chi connectivity index (χ1v) is 22.9. The van der Waals surface area contributed by atoms with Gasteiger partial charge in [0.05, 0.1) is 0 Å². The van der Waals surface area contributed by atoms with Crippen LogP contribution in [0.5, 0.6) is 11.5 Å². The van der Waals surface area contributed by atoms with Crippen molar-refractivity contribution in [3.05, 3.63) is 57.6 Å². The molecule has 3 nitrogen and oxygen atoms in total. The molecule has 52 heavy (non-hydrogen) atoms. The van der Waals surface area contributed by atoms with Gasteiger partial charge in [-0.1, -0.05) is 154 Å². The fourth-order valence-electron chi connectivity index (χ4n) is 10.8. The molecule has 0 unspecified atom stereocenters. The maximum absolute atomic E-state index is 15.2. The van der Waals surface area contributed by atoms with Gasteiger partial charge in [-0.05, 0) is 122 Å². The van der Waals surface area contributed by atoms with Crippen molar-refractivity contribution in [1.82, 2.24) is 0 Å². The predicted octanol–water partition coefficient (Wildman–Crippen LogP) is 15.2. The Bertz CT molecular complexity index is 1160. The quantitative estimate of drug-likeness (QED) is 0.293. The van der Waals surface area contributed by atoms with Crippen molar-refractivity contribution in [3.63, 3.8) is 0 Å². The van der Waals surface area contributed by atoms with Gasteiger partial charge in [0, 0.05) is 11.1 Å². The molecule has 6 rings (SSSR count). The minimum atomic E-state index is 0.0993. The van der Waals surface area contributed by atoms with Crippen molar-refractivity contribution in [2.45, 2.75) is 229 Å². The first kappa shape index (κ1) is 39.4. The van der Waals surface area contributed by atoms with E-state index in [0.717, 1.165) is 84.7 Å². The van der Waals surface area contributed by atoms with Gasteiger partial charge in [0.25, 0.3) is 0 Å². The largest absolute Gasteiger partial charge is 0.507 e. The topological polar surface area (TPSA) is 57.5 Å². The molecule has 3 heteroatoms. The number of benzene rings is 2. The molecule has 0 radical (unpaired) electrons. The normalized spacial score (nSPS) is 22.8. The van der Waals surface area contributed by atoms with Crippen LogP contribution >= 0.6 is 0 Å². The number of rotatable bonds is 6. The third-order valence-corrected chi connectivity index (χ3v) is 14.0. The van der Waals surface area contributed by atoms with Gasteiger partial charge in [-0.2, -0.15) is 0 Å². The van der Waals surface area contributed by atoms with Crippen LogP contribution in [0.25, 0.3) is 0 Å². The second-order valence-corrected chi connectivity index (χ2v) is 17.9. The minimum Gasteiger partial charge on any atom is -0.507 e. The van der Waals surface area contributed by atoms with Crippen molar-refractivity contribution >= 4 is 5.78 Å². The van der Waals surface area contributed by atoms with Gasteiger partial charge < -0.3 is 10.2 Å². The summed E-state index contributed by atoms with van der Waals surface area (Å²) in [6.07, 6.45) is 39.2. The van der Waals surface area contributed by atoms with Crippen LogP contribution in [0, 0.1) is 0 Å². The van der Waals surface area contributed by atoms with Crippen molar-refractivity contribution in [2.24, 2.45) is 0 Å². The monoisotopic (exact) mass is 711 g/mol. The summed E-state index contributed by atoms with van der Waals surface area (Å²) in [7, 11) is 0. The van der Waals surface area contributed by atoms with Gasteiger partial charge in [-0.15, -0.1) is 0 Å². The molecular weight excluding hydrogens is 637 g/mol. The molecule has 0 heterocycles. The summed E-state index contributed by atoms with van der Waals surface area (Å²) in [5.74, 6) is 2.35. The number of carbonyl (C=O) groups is 1. The van der Waals surface area contributed by atoms with E-state index < -0.39 is 0 Å². The van der Waals surface area contributed by atoms with Crippen LogP contribution < -0.4 is 0 Å². The fraction of sp³-hybridized carbons (Fsp3) is 0.735. The van der Waals surface area contributed by atoms with E-state index in [1.54, 1.807) is 0 Å². The molecule has 0 amide bonds. The lowest BCUT2D eigenvalue weighted by Crippen LogP contribution is -2.12. The Kier molecular flexibility index (Phi) is 15.9. The summed E-state index contributed by atoms with van der Waals surface area (Å²) in [6, 6.07) is 8.52. The van der Waals surface area contributed by atoms with Gasteiger partial charge >= 0.3 is 0 Å². The van der Waals surface area contributed by atoms with Crippen LogP contribution in [0.1, 0.15) is 267 Å². The molecule has 0 saturated heterocycles. The minimum absolute atomic E-state index is 0.0993. The third kappa shape index (κ3) is 10.9. The summed E-state index contributed by atoms with van der Waals surface area (Å²) >= 11 is 0. The molecule has 4 saturated carbocycles. The zero-order chi connectivity index (χ0) is 36.0. The van der Waals surface area contributed by atoms with Crippen molar-refractivity contribution in [1.29, 1.82) is 0 Å². The van der Waals surface area contributed by atoms with E-state index in [9.17, 15) is 10.2 Å². The van der Waals surface area contributed by atoms with E-state index in [-0.39, 0.29) is 5.78 Å². The van der Waals surface area contributed by atoms with Crippen LogP contribution in [0.2, 0.25) is 0 Å². The van der Waals surface area contributed by atoms with E-state index in [2.05, 4.69) is 24.3 Å². The number of phenolic OH excluding ortho intramolecular Hbond substituents is 2. The Morgan fingerprint density at radius 1 is 0.327 bits per heavy atom. The highest BCUT2D eigenvalue weighted by atomic mass is 16.3. The molecule has 0 spiro atoms. The molecular formula is C49H74O3. The fourth-order valence-corrected chi connectivity index (χ4v) is 10.8. The van der Waals surface area contributed by atoms with Gasteiger partial charge in [-0.3, -0.25) is 4.79 Å². The molecule has 288 valence electrons. The molecule has 0 aliphatic heterocycles. The first-order valence-electron chi connectivity index (χ1n) is 22.9. The molecule has 0 aromatic heterocycles. The highest BCUT2D eigenvalue weighted by Crippen LogP contribution is 2.46. The van der Waals surface area contributed by atoms with E-state index in [1.807, 2.05) is 0 Å². The molecule has 4 aliphatic rings. The maximum Gasteiger partial charge on any atom is 0.193 e. The molecule has 2 aromatic rings. The zero-order valence-electron chi connectivity index (χ0n) is 33.0. The van der Waals surface area contributed by atoms with Crippen LogP contribution in [-0.2, 0) is 0 Å². The van der Waals surface area contributed by atoms with E-state index in [1.165, 1.54) is 154 Å². The number of aromatic hydroxyl groups is 2. The van der Waals surface area contributed by atoms with Crippen molar-refractivity contribution < 1.29 is 15.0 Å². The Labute approximate surface area is 318 Å². The molecule has 4 aliphatic carbocycles. The SMILES string of the molecule is O=C(c1cc(C2CCCCCCCC2)c(O)c(C2CCCCCCCC2)c1)c1cc(C2CCCCCCCC2)c(O)c(C2CCCCCCCC2)c1. The second-order valence-electron chi connectivity index (χ2n) is 17.9. The van der Waals surface area contributed by atoms with Crippen LogP contribution in [-0.4, -0.2) is 16.0 Å². The standard InChI is InChI=1S/C49H74O3/c50-47(41-33-43(37-25-17-9-1-2-10-18-26-37)48(51)44(34-41)38-27-19-11-3-4-12-20-28-38)42-35-45(39-29-21-13-5-6-14-22-30-39)49(52)46(36-42)40-31-23-15-7-8-16-24-32-40/h33-40,51-52H,1-32H2. The second kappa shape index (κ2) is 21.0. The average molecular weight is 711 g/mol. The zero-order valence-corrected chi connectivity index (χ0v) is 33.0. The van der Waals surface area contributed by atoms with E-state index in [4.69, 9.17) is 0 Å². The summed E-state index contributed by atoms with van der Waals surface area (Å²) in [5, 5.41) is 24.4. The summed E-state index contributed by atoms with van der Waals surface area (Å²) in [5.41, 5.74) is 5.75.